The number of halogens is 1. The van der Waals surface area contributed by atoms with Gasteiger partial charge in [-0.3, -0.25) is 9.59 Å². The molecule has 2 amide bonds. The number of ether oxygens (including phenoxy) is 2. The van der Waals surface area contributed by atoms with Crippen LogP contribution in [0.5, 0.6) is 5.75 Å². The maximum absolute atomic E-state index is 12.0. The van der Waals surface area contributed by atoms with Crippen molar-refractivity contribution in [3.8, 4) is 5.75 Å². The normalized spacial score (nSPS) is 11.3. The van der Waals surface area contributed by atoms with Gasteiger partial charge in [-0.05, 0) is 47.5 Å². The summed E-state index contributed by atoms with van der Waals surface area (Å²) >= 11 is 3.24. The third-order valence-corrected chi connectivity index (χ3v) is 3.74. The number of benzene rings is 1. The second kappa shape index (κ2) is 9.92. The Morgan fingerprint density at radius 2 is 2.00 bits per heavy atom. The molecule has 0 bridgehead atoms. The second-order valence-corrected chi connectivity index (χ2v) is 5.86. The van der Waals surface area contributed by atoms with Crippen LogP contribution in [0.4, 0.5) is 0 Å². The highest BCUT2D eigenvalue weighted by Crippen LogP contribution is 2.23. The van der Waals surface area contributed by atoms with E-state index >= 15 is 0 Å². The number of amides is 2. The molecule has 0 heterocycles. The van der Waals surface area contributed by atoms with Crippen molar-refractivity contribution in [2.45, 2.75) is 26.3 Å². The molecule has 24 heavy (non-hydrogen) atoms. The molecule has 0 aliphatic rings. The molecule has 132 valence electrons. The Balaban J connectivity index is 2.52. The van der Waals surface area contributed by atoms with Crippen LogP contribution in [0.15, 0.2) is 22.7 Å². The Labute approximate surface area is 149 Å². The van der Waals surface area contributed by atoms with Crippen LogP contribution < -0.4 is 15.4 Å². The Morgan fingerprint density at radius 3 is 2.62 bits per heavy atom. The van der Waals surface area contributed by atoms with E-state index in [0.717, 1.165) is 6.42 Å². The summed E-state index contributed by atoms with van der Waals surface area (Å²) in [4.78, 5) is 35.5. The molecule has 0 aliphatic carbocycles. The number of carbonyl (C=O) groups excluding carboxylic acids is 3. The van der Waals surface area contributed by atoms with Crippen LogP contribution in [0.1, 0.15) is 30.6 Å². The summed E-state index contributed by atoms with van der Waals surface area (Å²) in [5.74, 6) is -1.01. The molecular formula is C16H21BrN2O5. The molecule has 0 saturated heterocycles. The fraction of sp³-hybridized carbons (Fsp3) is 0.438. The quantitative estimate of drug-likeness (QED) is 0.646. The zero-order valence-corrected chi connectivity index (χ0v) is 15.4. The molecule has 1 aromatic rings. The first kappa shape index (κ1) is 20.0. The summed E-state index contributed by atoms with van der Waals surface area (Å²) in [6, 6.07) is 4.14. The number of rotatable bonds is 8. The molecule has 7 nitrogen and oxygen atoms in total. The minimum atomic E-state index is -0.702. The molecule has 1 rings (SSSR count). The van der Waals surface area contributed by atoms with Gasteiger partial charge in [0, 0.05) is 11.0 Å². The molecule has 0 saturated carbocycles. The first-order valence-corrected chi connectivity index (χ1v) is 8.26. The number of carbonyl (C=O) groups is 3. The topological polar surface area (TPSA) is 93.7 Å². The lowest BCUT2D eigenvalue weighted by Gasteiger charge is -2.14. The highest BCUT2D eigenvalue weighted by atomic mass is 79.9. The lowest BCUT2D eigenvalue weighted by molar-refractivity contribution is -0.130. The molecule has 2 N–H and O–H groups in total. The van der Waals surface area contributed by atoms with Gasteiger partial charge in [-0.2, -0.15) is 0 Å². The van der Waals surface area contributed by atoms with Gasteiger partial charge in [0.15, 0.2) is 6.61 Å². The Hall–Kier alpha value is -2.09. The molecule has 0 spiro atoms. The van der Waals surface area contributed by atoms with E-state index in [0.29, 0.717) is 16.8 Å². The fourth-order valence-electron chi connectivity index (χ4n) is 1.75. The van der Waals surface area contributed by atoms with Gasteiger partial charge in [-0.15, -0.1) is 0 Å². The van der Waals surface area contributed by atoms with Gasteiger partial charge in [0.05, 0.1) is 12.7 Å². The molecule has 8 heteroatoms. The molecule has 1 aromatic carbocycles. The summed E-state index contributed by atoms with van der Waals surface area (Å²) < 4.78 is 10.5. The van der Waals surface area contributed by atoms with E-state index in [9.17, 15) is 14.4 Å². The average Bonchev–Trinajstić information content (AvgIpc) is 2.57. The van der Waals surface area contributed by atoms with Crippen LogP contribution in [-0.4, -0.2) is 44.1 Å². The van der Waals surface area contributed by atoms with E-state index < -0.39 is 24.5 Å². The van der Waals surface area contributed by atoms with Crippen molar-refractivity contribution >= 4 is 33.7 Å². The summed E-state index contributed by atoms with van der Waals surface area (Å²) in [6.07, 6.45) is 0.805. The van der Waals surface area contributed by atoms with E-state index in [2.05, 4.69) is 26.6 Å². The van der Waals surface area contributed by atoms with E-state index in [1.165, 1.54) is 13.2 Å². The van der Waals surface area contributed by atoms with Crippen molar-refractivity contribution in [1.82, 2.24) is 10.6 Å². The van der Waals surface area contributed by atoms with Crippen LogP contribution in [0, 0.1) is 0 Å². The predicted molar refractivity (Wildman–Crippen MR) is 91.9 cm³/mol. The number of methoxy groups -OCH3 is 1. The van der Waals surface area contributed by atoms with Crippen molar-refractivity contribution in [3.63, 3.8) is 0 Å². The number of nitrogens with one attached hydrogen (secondary N) is 2. The summed E-state index contributed by atoms with van der Waals surface area (Å²) in [5.41, 5.74) is 0.246. The van der Waals surface area contributed by atoms with Gasteiger partial charge in [-0.25, -0.2) is 4.79 Å². The summed E-state index contributed by atoms with van der Waals surface area (Å²) in [7, 11) is 1.48. The van der Waals surface area contributed by atoms with E-state index in [4.69, 9.17) is 9.47 Å². The highest BCUT2D eigenvalue weighted by Gasteiger charge is 2.18. The number of hydrogen-bond donors (Lipinski definition) is 2. The Kier molecular flexibility index (Phi) is 8.25. The van der Waals surface area contributed by atoms with Gasteiger partial charge in [0.1, 0.15) is 11.8 Å². The predicted octanol–water partition coefficient (Wildman–Crippen LogP) is 1.65. The standard InChI is InChI=1S/C16H21BrN2O5/c1-4-7-18-15(21)10(2)19-14(20)9-24-16(22)12-8-11(23-3)5-6-13(12)17/h5-6,8,10H,4,7,9H2,1-3H3,(H,18,21)(H,19,20)/t10-/m0/s1. The maximum Gasteiger partial charge on any atom is 0.339 e. The van der Waals surface area contributed by atoms with Crippen molar-refractivity contribution in [2.24, 2.45) is 0 Å². The minimum Gasteiger partial charge on any atom is -0.497 e. The van der Waals surface area contributed by atoms with Gasteiger partial charge in [0.25, 0.3) is 5.91 Å². The van der Waals surface area contributed by atoms with Crippen molar-refractivity contribution in [2.75, 3.05) is 20.3 Å². The smallest absolute Gasteiger partial charge is 0.339 e. The third kappa shape index (κ3) is 6.19. The highest BCUT2D eigenvalue weighted by molar-refractivity contribution is 9.10. The molecule has 0 aliphatic heterocycles. The Morgan fingerprint density at radius 1 is 1.29 bits per heavy atom. The number of hydrogen-bond acceptors (Lipinski definition) is 5. The van der Waals surface area contributed by atoms with Crippen molar-refractivity contribution < 1.29 is 23.9 Å². The minimum absolute atomic E-state index is 0.246. The molecule has 0 radical (unpaired) electrons. The van der Waals surface area contributed by atoms with Gasteiger partial charge < -0.3 is 20.1 Å². The average molecular weight is 401 g/mol. The molecular weight excluding hydrogens is 380 g/mol. The Bertz CT molecular complexity index is 606. The molecule has 1 atom stereocenters. The SMILES string of the molecule is CCCNC(=O)[C@H](C)NC(=O)COC(=O)c1cc(OC)ccc1Br. The monoisotopic (exact) mass is 400 g/mol. The van der Waals surface area contributed by atoms with Gasteiger partial charge in [0.2, 0.25) is 5.91 Å². The third-order valence-electron chi connectivity index (χ3n) is 3.05. The van der Waals surface area contributed by atoms with E-state index in [1.54, 1.807) is 19.1 Å². The van der Waals surface area contributed by atoms with Crippen molar-refractivity contribution in [3.05, 3.63) is 28.2 Å². The van der Waals surface area contributed by atoms with E-state index in [1.807, 2.05) is 6.92 Å². The zero-order valence-electron chi connectivity index (χ0n) is 13.8. The zero-order chi connectivity index (χ0) is 18.1. The second-order valence-electron chi connectivity index (χ2n) is 5.00. The fourth-order valence-corrected chi connectivity index (χ4v) is 2.16. The van der Waals surface area contributed by atoms with Crippen molar-refractivity contribution in [1.29, 1.82) is 0 Å². The first-order valence-electron chi connectivity index (χ1n) is 7.46. The molecule has 0 unspecified atom stereocenters. The largest absolute Gasteiger partial charge is 0.497 e. The van der Waals surface area contributed by atoms with Gasteiger partial charge in [-0.1, -0.05) is 6.92 Å². The number of esters is 1. The summed E-state index contributed by atoms with van der Waals surface area (Å²) in [5, 5.41) is 5.13. The molecule has 0 aromatic heterocycles. The summed E-state index contributed by atoms with van der Waals surface area (Å²) in [6.45, 7) is 3.55. The lowest BCUT2D eigenvalue weighted by atomic mass is 10.2. The lowest BCUT2D eigenvalue weighted by Crippen LogP contribution is -2.46. The van der Waals surface area contributed by atoms with Gasteiger partial charge >= 0.3 is 5.97 Å². The first-order chi connectivity index (χ1) is 11.4. The van der Waals surface area contributed by atoms with E-state index in [-0.39, 0.29) is 11.5 Å². The molecule has 0 fully saturated rings. The van der Waals surface area contributed by atoms with Crippen LogP contribution in [-0.2, 0) is 14.3 Å². The maximum atomic E-state index is 12.0. The van der Waals surface area contributed by atoms with Crippen LogP contribution >= 0.6 is 15.9 Å². The van der Waals surface area contributed by atoms with Crippen LogP contribution in [0.2, 0.25) is 0 Å². The van der Waals surface area contributed by atoms with Crippen LogP contribution in [0.3, 0.4) is 0 Å². The van der Waals surface area contributed by atoms with Crippen LogP contribution in [0.25, 0.3) is 0 Å².